The Balaban J connectivity index is 1.46. The highest BCUT2D eigenvalue weighted by Crippen LogP contribution is 2.22. The van der Waals surface area contributed by atoms with E-state index in [2.05, 4.69) is 15.8 Å². The number of hydrazone groups is 1. The molecule has 0 aliphatic carbocycles. The average molecular weight is 454 g/mol. The van der Waals surface area contributed by atoms with Crippen molar-refractivity contribution in [2.45, 2.75) is 26.7 Å². The smallest absolute Gasteiger partial charge is 0.291 e. The number of hydrogen-bond donors (Lipinski definition) is 2. The summed E-state index contributed by atoms with van der Waals surface area (Å²) in [7, 11) is 0. The number of carbonyl (C=O) groups is 2. The van der Waals surface area contributed by atoms with Gasteiger partial charge in [-0.05, 0) is 73.9 Å². The summed E-state index contributed by atoms with van der Waals surface area (Å²) in [6, 6.07) is 15.8. The summed E-state index contributed by atoms with van der Waals surface area (Å²) >= 11 is 5.93. The zero-order valence-electron chi connectivity index (χ0n) is 17.9. The second kappa shape index (κ2) is 11.2. The number of amides is 2. The van der Waals surface area contributed by atoms with Gasteiger partial charge < -0.3 is 14.5 Å². The highest BCUT2D eigenvalue weighted by molar-refractivity contribution is 6.30. The van der Waals surface area contributed by atoms with Crippen molar-refractivity contribution in [2.75, 3.05) is 11.9 Å². The summed E-state index contributed by atoms with van der Waals surface area (Å²) in [5.41, 5.74) is 5.48. The van der Waals surface area contributed by atoms with Crippen LogP contribution in [0.3, 0.4) is 0 Å². The SMILES string of the molecule is CC(=NNC(=O)CCCOc1ccc(Cl)cc1C)c1cccc(NC(=O)c2ccco2)c1. The minimum Gasteiger partial charge on any atom is -0.493 e. The van der Waals surface area contributed by atoms with Crippen LogP contribution >= 0.6 is 11.6 Å². The molecule has 0 aliphatic rings. The first-order valence-electron chi connectivity index (χ1n) is 10.1. The fraction of sp³-hybridized carbons (Fsp3) is 0.208. The monoisotopic (exact) mass is 453 g/mol. The number of benzene rings is 2. The highest BCUT2D eigenvalue weighted by Gasteiger charge is 2.09. The maximum absolute atomic E-state index is 12.1. The van der Waals surface area contributed by atoms with Gasteiger partial charge in [0.05, 0.1) is 18.6 Å². The Kier molecular flexibility index (Phi) is 8.05. The van der Waals surface area contributed by atoms with Crippen LogP contribution in [0, 0.1) is 6.92 Å². The first-order valence-corrected chi connectivity index (χ1v) is 10.5. The first-order chi connectivity index (χ1) is 15.4. The van der Waals surface area contributed by atoms with Gasteiger partial charge in [0.1, 0.15) is 5.75 Å². The van der Waals surface area contributed by atoms with E-state index >= 15 is 0 Å². The lowest BCUT2D eigenvalue weighted by Gasteiger charge is -2.09. The lowest BCUT2D eigenvalue weighted by molar-refractivity contribution is -0.121. The third-order valence-electron chi connectivity index (χ3n) is 4.57. The molecule has 0 radical (unpaired) electrons. The van der Waals surface area contributed by atoms with E-state index in [-0.39, 0.29) is 24.0 Å². The summed E-state index contributed by atoms with van der Waals surface area (Å²) in [4.78, 5) is 24.2. The van der Waals surface area contributed by atoms with Crippen molar-refractivity contribution >= 4 is 34.8 Å². The zero-order chi connectivity index (χ0) is 22.9. The Hall–Kier alpha value is -3.58. The van der Waals surface area contributed by atoms with Crippen LogP contribution in [0.4, 0.5) is 5.69 Å². The normalized spacial score (nSPS) is 11.2. The van der Waals surface area contributed by atoms with E-state index in [1.165, 1.54) is 6.26 Å². The molecule has 0 unspecified atom stereocenters. The van der Waals surface area contributed by atoms with Gasteiger partial charge in [0.2, 0.25) is 5.91 Å². The summed E-state index contributed by atoms with van der Waals surface area (Å²) in [5.74, 6) is 0.431. The van der Waals surface area contributed by atoms with Crippen LogP contribution in [0.5, 0.6) is 5.75 Å². The van der Waals surface area contributed by atoms with Crippen molar-refractivity contribution in [1.82, 2.24) is 5.43 Å². The van der Waals surface area contributed by atoms with Crippen molar-refractivity contribution in [2.24, 2.45) is 5.10 Å². The minimum atomic E-state index is -0.342. The molecule has 3 aromatic rings. The summed E-state index contributed by atoms with van der Waals surface area (Å²) < 4.78 is 10.8. The van der Waals surface area contributed by atoms with E-state index < -0.39 is 0 Å². The van der Waals surface area contributed by atoms with E-state index in [1.807, 2.05) is 25.1 Å². The molecular formula is C24H24ClN3O4. The largest absolute Gasteiger partial charge is 0.493 e. The van der Waals surface area contributed by atoms with Gasteiger partial charge in [-0.25, -0.2) is 5.43 Å². The van der Waals surface area contributed by atoms with Crippen LogP contribution in [0.25, 0.3) is 0 Å². The molecule has 32 heavy (non-hydrogen) atoms. The Labute approximate surface area is 191 Å². The zero-order valence-corrected chi connectivity index (χ0v) is 18.6. The second-order valence-corrected chi connectivity index (χ2v) is 7.54. The third-order valence-corrected chi connectivity index (χ3v) is 4.81. The number of nitrogens with one attached hydrogen (secondary N) is 2. The van der Waals surface area contributed by atoms with E-state index in [4.69, 9.17) is 20.8 Å². The number of halogens is 1. The topological polar surface area (TPSA) is 92.9 Å². The van der Waals surface area contributed by atoms with Gasteiger partial charge in [-0.2, -0.15) is 5.10 Å². The summed E-state index contributed by atoms with van der Waals surface area (Å²) in [6.45, 7) is 4.11. The molecule has 0 bridgehead atoms. The number of carbonyl (C=O) groups excluding carboxylic acids is 2. The highest BCUT2D eigenvalue weighted by atomic mass is 35.5. The van der Waals surface area contributed by atoms with Crippen molar-refractivity contribution in [3.05, 3.63) is 82.8 Å². The van der Waals surface area contributed by atoms with Gasteiger partial charge in [-0.15, -0.1) is 0 Å². The average Bonchev–Trinajstić information content (AvgIpc) is 3.31. The first kappa shape index (κ1) is 23.1. The summed E-state index contributed by atoms with van der Waals surface area (Å²) in [5, 5.41) is 7.58. The molecule has 2 amide bonds. The fourth-order valence-corrected chi connectivity index (χ4v) is 3.11. The number of furan rings is 1. The molecule has 2 aromatic carbocycles. The molecule has 1 aromatic heterocycles. The maximum atomic E-state index is 12.1. The Morgan fingerprint density at radius 2 is 1.97 bits per heavy atom. The molecule has 0 atom stereocenters. The van der Waals surface area contributed by atoms with Crippen LogP contribution < -0.4 is 15.5 Å². The van der Waals surface area contributed by atoms with Gasteiger partial charge in [-0.1, -0.05) is 23.7 Å². The van der Waals surface area contributed by atoms with Gasteiger partial charge in [0, 0.05) is 17.1 Å². The van der Waals surface area contributed by atoms with Crippen molar-refractivity contribution in [3.8, 4) is 5.75 Å². The lowest BCUT2D eigenvalue weighted by Crippen LogP contribution is -2.19. The molecule has 7 nitrogen and oxygen atoms in total. The Morgan fingerprint density at radius 1 is 1.12 bits per heavy atom. The van der Waals surface area contributed by atoms with Crippen LogP contribution in [-0.4, -0.2) is 24.1 Å². The van der Waals surface area contributed by atoms with Crippen molar-refractivity contribution in [1.29, 1.82) is 0 Å². The van der Waals surface area contributed by atoms with Crippen molar-refractivity contribution < 1.29 is 18.7 Å². The van der Waals surface area contributed by atoms with Crippen LogP contribution in [0.15, 0.2) is 70.4 Å². The number of anilines is 1. The number of ether oxygens (including phenoxy) is 1. The van der Waals surface area contributed by atoms with Crippen molar-refractivity contribution in [3.63, 3.8) is 0 Å². The third kappa shape index (κ3) is 6.72. The quantitative estimate of drug-likeness (QED) is 0.265. The number of aryl methyl sites for hydroxylation is 1. The van der Waals surface area contributed by atoms with Gasteiger partial charge in [-0.3, -0.25) is 9.59 Å². The molecule has 0 saturated heterocycles. The number of hydrogen-bond acceptors (Lipinski definition) is 5. The van der Waals surface area contributed by atoms with Gasteiger partial charge in [0.25, 0.3) is 5.91 Å². The molecule has 8 heteroatoms. The maximum Gasteiger partial charge on any atom is 0.291 e. The van der Waals surface area contributed by atoms with E-state index in [1.54, 1.807) is 43.3 Å². The van der Waals surface area contributed by atoms with Crippen LogP contribution in [0.1, 0.15) is 41.4 Å². The predicted octanol–water partition coefficient (Wildman–Crippen LogP) is 5.19. The fourth-order valence-electron chi connectivity index (χ4n) is 2.88. The van der Waals surface area contributed by atoms with Crippen LogP contribution in [-0.2, 0) is 4.79 Å². The Morgan fingerprint density at radius 3 is 2.72 bits per heavy atom. The van der Waals surface area contributed by atoms with E-state index in [9.17, 15) is 9.59 Å². The van der Waals surface area contributed by atoms with Crippen LogP contribution in [0.2, 0.25) is 5.02 Å². The number of nitrogens with zero attached hydrogens (tertiary/aromatic N) is 1. The Bertz CT molecular complexity index is 1110. The van der Waals surface area contributed by atoms with E-state index in [0.29, 0.717) is 29.4 Å². The molecule has 3 rings (SSSR count). The second-order valence-electron chi connectivity index (χ2n) is 7.11. The molecular weight excluding hydrogens is 430 g/mol. The number of rotatable bonds is 9. The van der Waals surface area contributed by atoms with Gasteiger partial charge in [0.15, 0.2) is 5.76 Å². The minimum absolute atomic E-state index is 0.206. The van der Waals surface area contributed by atoms with E-state index in [0.717, 1.165) is 16.9 Å². The summed E-state index contributed by atoms with van der Waals surface area (Å²) in [6.07, 6.45) is 2.27. The molecule has 166 valence electrons. The molecule has 2 N–H and O–H groups in total. The molecule has 0 aliphatic heterocycles. The molecule has 0 saturated carbocycles. The predicted molar refractivity (Wildman–Crippen MR) is 124 cm³/mol. The van der Waals surface area contributed by atoms with Gasteiger partial charge >= 0.3 is 0 Å². The lowest BCUT2D eigenvalue weighted by atomic mass is 10.1. The molecule has 0 spiro atoms. The molecule has 0 fully saturated rings. The standard InChI is InChI=1S/C24H24ClN3O4/c1-16-14-19(25)10-11-21(16)31-13-5-9-23(29)28-27-17(2)18-6-3-7-20(15-18)26-24(30)22-8-4-12-32-22/h3-4,6-8,10-12,14-15H,5,9,13H2,1-2H3,(H,26,30)(H,28,29). The molecule has 1 heterocycles.